The van der Waals surface area contributed by atoms with E-state index in [0.29, 0.717) is 42.7 Å². The number of amides is 1. The molecule has 0 radical (unpaired) electrons. The van der Waals surface area contributed by atoms with Gasteiger partial charge in [0.1, 0.15) is 0 Å². The molecule has 3 rings (SSSR count). The van der Waals surface area contributed by atoms with Crippen molar-refractivity contribution in [1.82, 2.24) is 30.9 Å². The fraction of sp³-hybridized carbons (Fsp3) is 0.529. The minimum atomic E-state index is 0.0763. The molecule has 0 aliphatic carbocycles. The molecular weight excluding hydrogens is 320 g/mol. The van der Waals surface area contributed by atoms with E-state index in [1.807, 2.05) is 12.1 Å². The Hall–Kier alpha value is -2.32. The Balaban J connectivity index is 1.52. The van der Waals surface area contributed by atoms with Crippen LogP contribution in [0.25, 0.3) is 11.4 Å². The van der Waals surface area contributed by atoms with Crippen LogP contribution in [0.1, 0.15) is 32.6 Å². The zero-order valence-corrected chi connectivity index (χ0v) is 14.8. The van der Waals surface area contributed by atoms with Gasteiger partial charge in [0.15, 0.2) is 0 Å². The van der Waals surface area contributed by atoms with Crippen molar-refractivity contribution in [3.63, 3.8) is 0 Å². The topological polar surface area (TPSA) is 96.2 Å². The first-order chi connectivity index (χ1) is 12.0. The molecule has 1 fully saturated rings. The van der Waals surface area contributed by atoms with Crippen molar-refractivity contribution in [2.24, 2.45) is 5.92 Å². The van der Waals surface area contributed by atoms with Crippen LogP contribution in [-0.4, -0.2) is 45.1 Å². The van der Waals surface area contributed by atoms with Gasteiger partial charge >= 0.3 is 0 Å². The number of nitrogens with one attached hydrogen (secondary N) is 2. The van der Waals surface area contributed by atoms with Crippen molar-refractivity contribution in [2.45, 2.75) is 45.3 Å². The van der Waals surface area contributed by atoms with Gasteiger partial charge in [-0.2, -0.15) is 4.98 Å². The Morgan fingerprint density at radius 2 is 2.08 bits per heavy atom. The van der Waals surface area contributed by atoms with E-state index < -0.39 is 0 Å². The van der Waals surface area contributed by atoms with E-state index in [0.717, 1.165) is 12.0 Å². The molecule has 134 valence electrons. The second kappa shape index (κ2) is 7.71. The van der Waals surface area contributed by atoms with Crippen LogP contribution in [0.2, 0.25) is 0 Å². The summed E-state index contributed by atoms with van der Waals surface area (Å²) in [6.07, 6.45) is 4.71. The largest absolute Gasteiger partial charge is 0.337 e. The molecule has 25 heavy (non-hydrogen) atoms. The quantitative estimate of drug-likeness (QED) is 0.817. The normalized spacial score (nSPS) is 22.9. The average molecular weight is 344 g/mol. The van der Waals surface area contributed by atoms with Crippen LogP contribution in [0.15, 0.2) is 29.0 Å². The predicted molar refractivity (Wildman–Crippen MR) is 91.9 cm³/mol. The molecular formula is C17H24N6O2. The van der Waals surface area contributed by atoms with Gasteiger partial charge in [0, 0.05) is 43.5 Å². The molecule has 8 heteroatoms. The lowest BCUT2D eigenvalue weighted by Crippen LogP contribution is -2.30. The van der Waals surface area contributed by atoms with Gasteiger partial charge in [-0.3, -0.25) is 20.6 Å². The van der Waals surface area contributed by atoms with E-state index in [4.69, 9.17) is 4.52 Å². The first-order valence-corrected chi connectivity index (χ1v) is 8.52. The van der Waals surface area contributed by atoms with Crippen LogP contribution in [0.4, 0.5) is 0 Å². The zero-order chi connectivity index (χ0) is 17.8. The highest BCUT2D eigenvalue weighted by atomic mass is 16.5. The van der Waals surface area contributed by atoms with Crippen LogP contribution in [0.3, 0.4) is 0 Å². The molecule has 8 nitrogen and oxygen atoms in total. The molecule has 2 atom stereocenters. The summed E-state index contributed by atoms with van der Waals surface area (Å²) in [5.74, 6) is 1.42. The summed E-state index contributed by atoms with van der Waals surface area (Å²) in [4.78, 5) is 22.4. The van der Waals surface area contributed by atoms with Crippen molar-refractivity contribution < 1.29 is 9.32 Å². The van der Waals surface area contributed by atoms with Gasteiger partial charge in [0.05, 0.1) is 6.54 Å². The third kappa shape index (κ3) is 4.21. The summed E-state index contributed by atoms with van der Waals surface area (Å²) in [5.41, 5.74) is 7.22. The minimum Gasteiger partial charge on any atom is -0.337 e. The molecule has 2 aromatic rings. The standard InChI is InChI=1S/C17H24N6O2/c1-11-14(12(2)21-20-11)6-7-16(24)23(3)10-15-19-17(22-25-15)13-5-4-8-18-9-13/h4-5,8-9,11-12,14,20-21H,6-7,10H2,1-3H3. The van der Waals surface area contributed by atoms with Gasteiger partial charge in [-0.25, -0.2) is 0 Å². The summed E-state index contributed by atoms with van der Waals surface area (Å²) >= 11 is 0. The van der Waals surface area contributed by atoms with E-state index in [-0.39, 0.29) is 5.91 Å². The lowest BCUT2D eigenvalue weighted by atomic mass is 9.91. The van der Waals surface area contributed by atoms with Crippen LogP contribution in [0, 0.1) is 5.92 Å². The number of carbonyl (C=O) groups is 1. The average Bonchev–Trinajstić information content (AvgIpc) is 3.21. The molecule has 2 unspecified atom stereocenters. The molecule has 1 aliphatic heterocycles. The number of hydrazine groups is 1. The van der Waals surface area contributed by atoms with Gasteiger partial charge in [-0.15, -0.1) is 0 Å². The summed E-state index contributed by atoms with van der Waals surface area (Å²) in [6.45, 7) is 4.57. The monoisotopic (exact) mass is 344 g/mol. The molecule has 0 spiro atoms. The molecule has 0 saturated carbocycles. The number of pyridine rings is 1. The van der Waals surface area contributed by atoms with Crippen LogP contribution < -0.4 is 10.9 Å². The van der Waals surface area contributed by atoms with E-state index in [9.17, 15) is 4.79 Å². The molecule has 2 N–H and O–H groups in total. The maximum absolute atomic E-state index is 12.4. The summed E-state index contributed by atoms with van der Waals surface area (Å²) in [5, 5.41) is 3.95. The third-order valence-corrected chi connectivity index (χ3v) is 4.70. The molecule has 0 aromatic carbocycles. The highest BCUT2D eigenvalue weighted by Gasteiger charge is 2.30. The van der Waals surface area contributed by atoms with E-state index in [1.165, 1.54) is 0 Å². The van der Waals surface area contributed by atoms with Crippen LogP contribution in [-0.2, 0) is 11.3 Å². The number of nitrogens with zero attached hydrogens (tertiary/aromatic N) is 4. The van der Waals surface area contributed by atoms with Crippen molar-refractivity contribution in [2.75, 3.05) is 7.05 Å². The second-order valence-electron chi connectivity index (χ2n) is 6.57. The highest BCUT2D eigenvalue weighted by Crippen LogP contribution is 2.21. The lowest BCUT2D eigenvalue weighted by Gasteiger charge is -2.20. The molecule has 1 aliphatic rings. The van der Waals surface area contributed by atoms with Gasteiger partial charge in [0.25, 0.3) is 0 Å². The van der Waals surface area contributed by atoms with E-state index >= 15 is 0 Å². The lowest BCUT2D eigenvalue weighted by molar-refractivity contribution is -0.131. The Morgan fingerprint density at radius 1 is 1.32 bits per heavy atom. The van der Waals surface area contributed by atoms with Gasteiger partial charge in [-0.1, -0.05) is 5.16 Å². The second-order valence-corrected chi connectivity index (χ2v) is 6.57. The van der Waals surface area contributed by atoms with Gasteiger partial charge < -0.3 is 9.42 Å². The summed E-state index contributed by atoms with van der Waals surface area (Å²) < 4.78 is 5.25. The number of rotatable bonds is 6. The summed E-state index contributed by atoms with van der Waals surface area (Å²) in [7, 11) is 1.76. The first kappa shape index (κ1) is 17.5. The Morgan fingerprint density at radius 3 is 2.76 bits per heavy atom. The smallest absolute Gasteiger partial charge is 0.246 e. The number of hydrogen-bond acceptors (Lipinski definition) is 7. The van der Waals surface area contributed by atoms with Crippen molar-refractivity contribution in [3.05, 3.63) is 30.4 Å². The fourth-order valence-electron chi connectivity index (χ4n) is 3.11. The predicted octanol–water partition coefficient (Wildman–Crippen LogP) is 1.37. The fourth-order valence-corrected chi connectivity index (χ4v) is 3.11. The van der Waals surface area contributed by atoms with Crippen molar-refractivity contribution >= 4 is 5.91 Å². The molecule has 1 saturated heterocycles. The van der Waals surface area contributed by atoms with E-state index in [2.05, 4.69) is 39.8 Å². The number of aromatic nitrogens is 3. The Bertz CT molecular complexity index is 694. The van der Waals surface area contributed by atoms with Gasteiger partial charge in [-0.05, 0) is 38.3 Å². The number of hydrogen-bond donors (Lipinski definition) is 2. The van der Waals surface area contributed by atoms with Gasteiger partial charge in [0.2, 0.25) is 17.6 Å². The molecule has 1 amide bonds. The maximum atomic E-state index is 12.4. The molecule has 2 aromatic heterocycles. The highest BCUT2D eigenvalue weighted by molar-refractivity contribution is 5.75. The van der Waals surface area contributed by atoms with Crippen molar-refractivity contribution in [3.8, 4) is 11.4 Å². The van der Waals surface area contributed by atoms with Crippen LogP contribution >= 0.6 is 0 Å². The third-order valence-electron chi connectivity index (χ3n) is 4.70. The Labute approximate surface area is 147 Å². The Kier molecular flexibility index (Phi) is 5.40. The SMILES string of the molecule is CC1NNC(C)C1CCC(=O)N(C)Cc1nc(-c2cccnc2)no1. The maximum Gasteiger partial charge on any atom is 0.246 e. The number of carbonyl (C=O) groups excluding carboxylic acids is 1. The van der Waals surface area contributed by atoms with Crippen molar-refractivity contribution in [1.29, 1.82) is 0 Å². The zero-order valence-electron chi connectivity index (χ0n) is 14.8. The molecule has 0 bridgehead atoms. The minimum absolute atomic E-state index is 0.0763. The van der Waals surface area contributed by atoms with E-state index in [1.54, 1.807) is 24.3 Å². The first-order valence-electron chi connectivity index (χ1n) is 8.52. The van der Waals surface area contributed by atoms with Crippen LogP contribution in [0.5, 0.6) is 0 Å². The molecule has 3 heterocycles. The summed E-state index contributed by atoms with van der Waals surface area (Å²) in [6, 6.07) is 4.41.